The fourth-order valence-corrected chi connectivity index (χ4v) is 3.78. The van der Waals surface area contributed by atoms with Crippen LogP contribution in [0.2, 0.25) is 0 Å². The van der Waals surface area contributed by atoms with E-state index >= 15 is 0 Å². The Morgan fingerprint density at radius 1 is 1.28 bits per heavy atom. The topological polar surface area (TPSA) is 39.7 Å². The third-order valence-corrected chi connectivity index (χ3v) is 5.22. The van der Waals surface area contributed by atoms with E-state index in [1.165, 1.54) is 11.5 Å². The Balaban J connectivity index is 2.22. The van der Waals surface area contributed by atoms with Crippen molar-refractivity contribution in [3.8, 4) is 11.8 Å². The van der Waals surface area contributed by atoms with Crippen LogP contribution in [-0.4, -0.2) is 46.6 Å². The van der Waals surface area contributed by atoms with Gasteiger partial charge in [-0.3, -0.25) is 9.80 Å². The molecule has 0 unspecified atom stereocenters. The molecule has 0 radical (unpaired) electrons. The van der Waals surface area contributed by atoms with Gasteiger partial charge in [-0.25, -0.2) is 4.79 Å². The summed E-state index contributed by atoms with van der Waals surface area (Å²) in [6, 6.07) is 0.0297. The summed E-state index contributed by atoms with van der Waals surface area (Å²) in [5.41, 5.74) is 2.20. The molecule has 0 spiro atoms. The molecule has 0 bridgehead atoms. The minimum Gasteiger partial charge on any atom is -0.300 e. The largest absolute Gasteiger partial charge is 0.328 e. The van der Waals surface area contributed by atoms with E-state index in [9.17, 15) is 4.79 Å². The van der Waals surface area contributed by atoms with Crippen LogP contribution in [0.4, 0.5) is 9.80 Å². The first-order valence-corrected chi connectivity index (χ1v) is 9.70. The first kappa shape index (κ1) is 19.5. The van der Waals surface area contributed by atoms with Gasteiger partial charge in [0.2, 0.25) is 0 Å². The lowest BCUT2D eigenvalue weighted by molar-refractivity contribution is 0.125. The summed E-state index contributed by atoms with van der Waals surface area (Å²) in [6.07, 6.45) is 6.91. The summed E-state index contributed by atoms with van der Waals surface area (Å²) < 4.78 is 4.52. The maximum Gasteiger partial charge on any atom is 0.328 e. The van der Waals surface area contributed by atoms with E-state index in [0.717, 1.165) is 42.1 Å². The van der Waals surface area contributed by atoms with Crippen LogP contribution in [0.1, 0.15) is 44.9 Å². The van der Waals surface area contributed by atoms with Crippen molar-refractivity contribution in [2.24, 2.45) is 0 Å². The number of carbonyl (C=O) groups excluding carboxylic acids is 1. The van der Waals surface area contributed by atoms with Crippen LogP contribution in [0, 0.1) is 18.8 Å². The molecule has 1 aliphatic rings. The van der Waals surface area contributed by atoms with E-state index in [0.29, 0.717) is 19.9 Å². The van der Waals surface area contributed by atoms with Crippen molar-refractivity contribution in [1.82, 2.24) is 14.2 Å². The third kappa shape index (κ3) is 4.83. The highest BCUT2D eigenvalue weighted by atomic mass is 32.1. The van der Waals surface area contributed by atoms with Crippen LogP contribution in [0.5, 0.6) is 0 Å². The second-order valence-electron chi connectivity index (χ2n) is 6.06. The molecule has 0 atom stereocenters. The van der Waals surface area contributed by atoms with Gasteiger partial charge in [0.1, 0.15) is 5.00 Å². The zero-order valence-corrected chi connectivity index (χ0v) is 16.5. The van der Waals surface area contributed by atoms with Crippen molar-refractivity contribution in [3.05, 3.63) is 23.4 Å². The van der Waals surface area contributed by atoms with Crippen molar-refractivity contribution in [3.63, 3.8) is 0 Å². The molecule has 1 saturated heterocycles. The summed E-state index contributed by atoms with van der Waals surface area (Å²) in [4.78, 5) is 18.9. The molecule has 2 amide bonds. The maximum absolute atomic E-state index is 13.0. The highest BCUT2D eigenvalue weighted by Crippen LogP contribution is 2.31. The second-order valence-corrected chi connectivity index (χ2v) is 6.82. The third-order valence-electron chi connectivity index (χ3n) is 4.21. The Kier molecular flexibility index (Phi) is 7.48. The Morgan fingerprint density at radius 3 is 2.72 bits per heavy atom. The van der Waals surface area contributed by atoms with Gasteiger partial charge in [-0.2, -0.15) is 4.37 Å². The number of carbonyl (C=O) groups is 1. The number of anilines is 1. The lowest BCUT2D eigenvalue weighted by atomic mass is 10.2. The normalized spacial score (nSPS) is 15.8. The zero-order valence-electron chi connectivity index (χ0n) is 15.7. The fourth-order valence-electron chi connectivity index (χ4n) is 2.83. The SMILES string of the molecule is C/C=C/CCN1CN(CC#CCC)C(=O)N(c2snc(CC)c2C)C1. The van der Waals surface area contributed by atoms with Gasteiger partial charge in [-0.1, -0.05) is 31.9 Å². The Labute approximate surface area is 155 Å². The summed E-state index contributed by atoms with van der Waals surface area (Å²) in [5, 5.41) is 0.964. The number of urea groups is 1. The molecule has 25 heavy (non-hydrogen) atoms. The molecule has 2 heterocycles. The molecule has 0 aliphatic carbocycles. The smallest absolute Gasteiger partial charge is 0.300 e. The average molecular weight is 361 g/mol. The molecule has 0 N–H and O–H groups in total. The first-order chi connectivity index (χ1) is 12.1. The average Bonchev–Trinajstić information content (AvgIpc) is 2.98. The van der Waals surface area contributed by atoms with Crippen molar-refractivity contribution < 1.29 is 4.79 Å². The lowest BCUT2D eigenvalue weighted by Gasteiger charge is -2.41. The van der Waals surface area contributed by atoms with Crippen LogP contribution in [0.25, 0.3) is 0 Å². The maximum atomic E-state index is 13.0. The van der Waals surface area contributed by atoms with E-state index in [1.54, 1.807) is 0 Å². The zero-order chi connectivity index (χ0) is 18.2. The standard InChI is InChI=1S/C19H28N4OS/c1-5-8-10-12-21-14-22(13-11-9-6-2)19(24)23(15-21)18-16(4)17(7-3)20-25-18/h5,8H,6-7,10,12-15H2,1-4H3/b8-5+. The molecule has 0 saturated carbocycles. The van der Waals surface area contributed by atoms with Gasteiger partial charge in [-0.15, -0.1) is 5.92 Å². The molecule has 1 fully saturated rings. The number of rotatable bonds is 6. The van der Waals surface area contributed by atoms with Crippen molar-refractivity contribution >= 4 is 22.6 Å². The number of nitrogens with zero attached hydrogens (tertiary/aromatic N) is 4. The monoisotopic (exact) mass is 360 g/mol. The van der Waals surface area contributed by atoms with Crippen LogP contribution < -0.4 is 4.90 Å². The highest BCUT2D eigenvalue weighted by Gasteiger charge is 2.32. The number of hydrogen-bond donors (Lipinski definition) is 0. The summed E-state index contributed by atoms with van der Waals surface area (Å²) in [5.74, 6) is 6.16. The number of hydrogen-bond acceptors (Lipinski definition) is 4. The second kappa shape index (κ2) is 9.59. The molecular formula is C19H28N4OS. The summed E-state index contributed by atoms with van der Waals surface area (Å²) in [6.45, 7) is 10.8. The van der Waals surface area contributed by atoms with E-state index in [2.05, 4.69) is 47.1 Å². The molecule has 1 aromatic heterocycles. The quantitative estimate of drug-likeness (QED) is 0.571. The minimum absolute atomic E-state index is 0.0297. The molecular weight excluding hydrogens is 332 g/mol. The molecule has 1 aliphatic heterocycles. The number of allylic oxidation sites excluding steroid dienone is 1. The fraction of sp³-hybridized carbons (Fsp3) is 0.579. The predicted octanol–water partition coefficient (Wildman–Crippen LogP) is 3.85. The van der Waals surface area contributed by atoms with Gasteiger partial charge < -0.3 is 4.90 Å². The van der Waals surface area contributed by atoms with Gasteiger partial charge in [0.15, 0.2) is 0 Å². The van der Waals surface area contributed by atoms with Crippen molar-refractivity contribution in [1.29, 1.82) is 0 Å². The van der Waals surface area contributed by atoms with E-state index in [1.807, 2.05) is 23.6 Å². The van der Waals surface area contributed by atoms with Crippen molar-refractivity contribution in [2.75, 3.05) is 31.3 Å². The molecule has 5 nitrogen and oxygen atoms in total. The van der Waals surface area contributed by atoms with Gasteiger partial charge in [-0.05, 0) is 38.2 Å². The van der Waals surface area contributed by atoms with E-state index < -0.39 is 0 Å². The molecule has 6 heteroatoms. The van der Waals surface area contributed by atoms with Crippen LogP contribution in [-0.2, 0) is 6.42 Å². The van der Waals surface area contributed by atoms with Gasteiger partial charge in [0.25, 0.3) is 0 Å². The lowest BCUT2D eigenvalue weighted by Crippen LogP contribution is -2.58. The van der Waals surface area contributed by atoms with Crippen LogP contribution in [0.15, 0.2) is 12.2 Å². The van der Waals surface area contributed by atoms with Gasteiger partial charge in [0, 0.05) is 18.5 Å². The Morgan fingerprint density at radius 2 is 2.08 bits per heavy atom. The molecule has 136 valence electrons. The minimum atomic E-state index is 0.0297. The van der Waals surface area contributed by atoms with Crippen LogP contribution >= 0.6 is 11.5 Å². The first-order valence-electron chi connectivity index (χ1n) is 8.93. The van der Waals surface area contributed by atoms with Gasteiger partial charge >= 0.3 is 6.03 Å². The number of aryl methyl sites for hydroxylation is 1. The molecule has 0 aromatic carbocycles. The van der Waals surface area contributed by atoms with Gasteiger partial charge in [0.05, 0.1) is 25.6 Å². The Bertz CT molecular complexity index is 671. The van der Waals surface area contributed by atoms with Crippen molar-refractivity contribution in [2.45, 2.75) is 47.0 Å². The highest BCUT2D eigenvalue weighted by molar-refractivity contribution is 7.10. The Hall–Kier alpha value is -1.84. The number of aromatic nitrogens is 1. The van der Waals surface area contributed by atoms with Crippen LogP contribution in [0.3, 0.4) is 0 Å². The molecule has 2 rings (SSSR count). The summed E-state index contributed by atoms with van der Waals surface area (Å²) >= 11 is 1.42. The van der Waals surface area contributed by atoms with E-state index in [4.69, 9.17) is 0 Å². The molecule has 1 aromatic rings. The predicted molar refractivity (Wildman–Crippen MR) is 105 cm³/mol. The summed E-state index contributed by atoms with van der Waals surface area (Å²) in [7, 11) is 0. The van der Waals surface area contributed by atoms with E-state index in [-0.39, 0.29) is 6.03 Å². The number of amides is 2.